The summed E-state index contributed by atoms with van der Waals surface area (Å²) in [7, 11) is 0. The highest BCUT2D eigenvalue weighted by atomic mass is 16.6. The van der Waals surface area contributed by atoms with E-state index in [9.17, 15) is 9.59 Å². The van der Waals surface area contributed by atoms with Crippen molar-refractivity contribution in [1.29, 1.82) is 0 Å². The van der Waals surface area contributed by atoms with E-state index in [1.165, 1.54) is 0 Å². The maximum atomic E-state index is 12.6. The van der Waals surface area contributed by atoms with Gasteiger partial charge < -0.3 is 14.4 Å². The van der Waals surface area contributed by atoms with E-state index in [-0.39, 0.29) is 12.0 Å². The third-order valence-corrected chi connectivity index (χ3v) is 3.84. The summed E-state index contributed by atoms with van der Waals surface area (Å²) in [6.07, 6.45) is -0.573. The molecule has 1 N–H and O–H groups in total. The molecule has 0 spiro atoms. The third kappa shape index (κ3) is 4.58. The number of amides is 2. The van der Waals surface area contributed by atoms with Gasteiger partial charge in [-0.05, 0) is 37.3 Å². The average Bonchev–Trinajstić information content (AvgIpc) is 2.62. The van der Waals surface area contributed by atoms with Crippen molar-refractivity contribution in [1.82, 2.24) is 4.90 Å². The Bertz CT molecular complexity index is 748. The molecule has 1 unspecified atom stereocenters. The molecule has 1 heterocycles. The molecule has 1 aliphatic heterocycles. The molecule has 2 amide bonds. The summed E-state index contributed by atoms with van der Waals surface area (Å²) in [5, 5.41) is 2.64. The maximum Gasteiger partial charge on any atom is 0.417 e. The highest BCUT2D eigenvalue weighted by Crippen LogP contribution is 2.16. The van der Waals surface area contributed by atoms with Gasteiger partial charge in [0.2, 0.25) is 0 Å². The van der Waals surface area contributed by atoms with E-state index >= 15 is 0 Å². The standard InChI is InChI=1S/C19H20N2O4/c1-14-13-21(10-11-24-14)18(22)15-6-5-7-16(12-15)20-19(23)25-17-8-3-2-4-9-17/h2-9,12,14H,10-11,13H2,1H3,(H,20,23). The second-order valence-corrected chi connectivity index (χ2v) is 5.84. The van der Waals surface area contributed by atoms with E-state index in [1.54, 1.807) is 53.4 Å². The lowest BCUT2D eigenvalue weighted by atomic mass is 10.1. The Morgan fingerprint density at radius 3 is 2.72 bits per heavy atom. The van der Waals surface area contributed by atoms with Crippen molar-refractivity contribution in [2.75, 3.05) is 25.0 Å². The minimum absolute atomic E-state index is 0.0276. The smallest absolute Gasteiger partial charge is 0.410 e. The minimum Gasteiger partial charge on any atom is -0.410 e. The number of carbonyl (C=O) groups is 2. The summed E-state index contributed by atoms with van der Waals surface area (Å²) in [5.74, 6) is 0.379. The van der Waals surface area contributed by atoms with Crippen LogP contribution < -0.4 is 10.1 Å². The zero-order valence-electron chi connectivity index (χ0n) is 14.0. The van der Waals surface area contributed by atoms with Crippen molar-refractivity contribution in [2.24, 2.45) is 0 Å². The van der Waals surface area contributed by atoms with Gasteiger partial charge in [-0.2, -0.15) is 0 Å². The van der Waals surface area contributed by atoms with Crippen molar-refractivity contribution in [2.45, 2.75) is 13.0 Å². The van der Waals surface area contributed by atoms with Crippen LogP contribution in [0.3, 0.4) is 0 Å². The number of carbonyl (C=O) groups excluding carboxylic acids is 2. The number of anilines is 1. The molecule has 1 fully saturated rings. The fourth-order valence-electron chi connectivity index (χ4n) is 2.65. The minimum atomic E-state index is -0.601. The van der Waals surface area contributed by atoms with Gasteiger partial charge in [0, 0.05) is 24.3 Å². The van der Waals surface area contributed by atoms with Gasteiger partial charge in [0.15, 0.2) is 0 Å². The van der Waals surface area contributed by atoms with Crippen LogP contribution in [-0.4, -0.2) is 42.7 Å². The van der Waals surface area contributed by atoms with E-state index in [2.05, 4.69) is 5.32 Å². The molecule has 0 bridgehead atoms. The number of benzene rings is 2. The van der Waals surface area contributed by atoms with Gasteiger partial charge in [0.05, 0.1) is 12.7 Å². The van der Waals surface area contributed by atoms with E-state index in [0.29, 0.717) is 36.7 Å². The first-order valence-electron chi connectivity index (χ1n) is 8.16. The van der Waals surface area contributed by atoms with E-state index in [0.717, 1.165) is 0 Å². The Balaban J connectivity index is 1.64. The number of rotatable bonds is 3. The van der Waals surface area contributed by atoms with Crippen molar-refractivity contribution in [3.8, 4) is 5.75 Å². The Kier molecular flexibility index (Phi) is 5.30. The van der Waals surface area contributed by atoms with Crippen molar-refractivity contribution in [3.63, 3.8) is 0 Å². The first kappa shape index (κ1) is 17.0. The molecule has 6 nitrogen and oxygen atoms in total. The van der Waals surface area contributed by atoms with Gasteiger partial charge in [0.1, 0.15) is 5.75 Å². The first-order valence-corrected chi connectivity index (χ1v) is 8.16. The summed E-state index contributed by atoms with van der Waals surface area (Å²) >= 11 is 0. The number of morpholine rings is 1. The molecule has 0 saturated carbocycles. The number of para-hydroxylation sites is 1. The van der Waals surface area contributed by atoms with Gasteiger partial charge >= 0.3 is 6.09 Å². The number of nitrogens with one attached hydrogen (secondary N) is 1. The summed E-state index contributed by atoms with van der Waals surface area (Å²) in [6, 6.07) is 15.6. The Hall–Kier alpha value is -2.86. The van der Waals surface area contributed by atoms with Crippen LogP contribution in [0.25, 0.3) is 0 Å². The normalized spacial score (nSPS) is 17.0. The number of hydrogen-bond acceptors (Lipinski definition) is 4. The molecule has 6 heteroatoms. The summed E-state index contributed by atoms with van der Waals surface area (Å²) in [4.78, 5) is 26.3. The Labute approximate surface area is 146 Å². The fourth-order valence-corrected chi connectivity index (χ4v) is 2.65. The van der Waals surface area contributed by atoms with Crippen LogP contribution in [-0.2, 0) is 4.74 Å². The van der Waals surface area contributed by atoms with Gasteiger partial charge in [-0.1, -0.05) is 24.3 Å². The number of hydrogen-bond donors (Lipinski definition) is 1. The van der Waals surface area contributed by atoms with Gasteiger partial charge in [-0.15, -0.1) is 0 Å². The van der Waals surface area contributed by atoms with Crippen LogP contribution in [0.1, 0.15) is 17.3 Å². The molecule has 1 aliphatic rings. The zero-order chi connectivity index (χ0) is 17.6. The SMILES string of the molecule is CC1CN(C(=O)c2cccc(NC(=O)Oc3ccccc3)c2)CCO1. The second-order valence-electron chi connectivity index (χ2n) is 5.84. The lowest BCUT2D eigenvalue weighted by molar-refractivity contribution is -0.0124. The van der Waals surface area contributed by atoms with Crippen LogP contribution in [0.5, 0.6) is 5.75 Å². The molecule has 2 aromatic rings. The summed E-state index contributed by atoms with van der Waals surface area (Å²) in [6.45, 7) is 3.61. The van der Waals surface area contributed by atoms with Crippen molar-refractivity contribution < 1.29 is 19.1 Å². The summed E-state index contributed by atoms with van der Waals surface area (Å²) < 4.78 is 10.6. The lowest BCUT2D eigenvalue weighted by Gasteiger charge is -2.31. The Morgan fingerprint density at radius 2 is 1.96 bits per heavy atom. The molecule has 130 valence electrons. The quantitative estimate of drug-likeness (QED) is 0.932. The molecule has 1 atom stereocenters. The molecule has 0 aromatic heterocycles. The summed E-state index contributed by atoms with van der Waals surface area (Å²) in [5.41, 5.74) is 1.03. The monoisotopic (exact) mass is 340 g/mol. The molecule has 3 rings (SSSR count). The topological polar surface area (TPSA) is 67.9 Å². The van der Waals surface area contributed by atoms with Crippen LogP contribution in [0.4, 0.5) is 10.5 Å². The van der Waals surface area contributed by atoms with Crippen LogP contribution >= 0.6 is 0 Å². The maximum absolute atomic E-state index is 12.6. The molecule has 0 radical (unpaired) electrons. The largest absolute Gasteiger partial charge is 0.417 e. The molecular formula is C19H20N2O4. The molecule has 2 aromatic carbocycles. The highest BCUT2D eigenvalue weighted by molar-refractivity contribution is 5.96. The number of nitrogens with zero attached hydrogens (tertiary/aromatic N) is 1. The zero-order valence-corrected chi connectivity index (χ0v) is 14.0. The predicted molar refractivity (Wildman–Crippen MR) is 93.8 cm³/mol. The van der Waals surface area contributed by atoms with Crippen LogP contribution in [0.2, 0.25) is 0 Å². The van der Waals surface area contributed by atoms with Gasteiger partial charge in [0.25, 0.3) is 5.91 Å². The van der Waals surface area contributed by atoms with Crippen LogP contribution in [0.15, 0.2) is 54.6 Å². The van der Waals surface area contributed by atoms with E-state index in [4.69, 9.17) is 9.47 Å². The number of ether oxygens (including phenoxy) is 2. The van der Waals surface area contributed by atoms with Gasteiger partial charge in [-0.25, -0.2) is 4.79 Å². The molecule has 1 saturated heterocycles. The molecule has 0 aliphatic carbocycles. The highest BCUT2D eigenvalue weighted by Gasteiger charge is 2.22. The Morgan fingerprint density at radius 1 is 1.16 bits per heavy atom. The average molecular weight is 340 g/mol. The first-order chi connectivity index (χ1) is 12.1. The molecule has 25 heavy (non-hydrogen) atoms. The second kappa shape index (κ2) is 7.81. The lowest BCUT2D eigenvalue weighted by Crippen LogP contribution is -2.44. The van der Waals surface area contributed by atoms with Gasteiger partial charge in [-0.3, -0.25) is 10.1 Å². The van der Waals surface area contributed by atoms with Crippen LogP contribution in [0, 0.1) is 0 Å². The van der Waals surface area contributed by atoms with E-state index < -0.39 is 6.09 Å². The predicted octanol–water partition coefficient (Wildman–Crippen LogP) is 3.16. The fraction of sp³-hybridized carbons (Fsp3) is 0.263. The van der Waals surface area contributed by atoms with Crippen molar-refractivity contribution in [3.05, 3.63) is 60.2 Å². The van der Waals surface area contributed by atoms with E-state index in [1.807, 2.05) is 13.0 Å². The third-order valence-electron chi connectivity index (χ3n) is 3.84. The van der Waals surface area contributed by atoms with Crippen molar-refractivity contribution >= 4 is 17.7 Å². The molecular weight excluding hydrogens is 320 g/mol.